The Morgan fingerprint density at radius 1 is 1.23 bits per heavy atom. The van der Waals surface area contributed by atoms with Crippen LogP contribution in [0.1, 0.15) is 50.1 Å². The molecule has 0 spiro atoms. The maximum Gasteiger partial charge on any atom is 0.230 e. The van der Waals surface area contributed by atoms with Gasteiger partial charge in [0.15, 0.2) is 5.82 Å². The van der Waals surface area contributed by atoms with E-state index in [1.54, 1.807) is 0 Å². The predicted molar refractivity (Wildman–Crippen MR) is 118 cm³/mol. The van der Waals surface area contributed by atoms with E-state index in [1.807, 2.05) is 22.7 Å². The lowest BCUT2D eigenvalue weighted by Crippen LogP contribution is -2.45. The number of nitrogens with two attached hydrogens (primary N) is 1. The number of amides is 1. The van der Waals surface area contributed by atoms with Crippen molar-refractivity contribution < 1.29 is 4.79 Å². The molecule has 1 aliphatic carbocycles. The molecule has 3 aromatic heterocycles. The van der Waals surface area contributed by atoms with Crippen molar-refractivity contribution in [2.75, 3.05) is 29.9 Å². The van der Waals surface area contributed by atoms with Crippen LogP contribution in [0.5, 0.6) is 0 Å². The fourth-order valence-electron chi connectivity index (χ4n) is 4.05. The number of rotatable bonds is 8. The van der Waals surface area contributed by atoms with Crippen molar-refractivity contribution in [3.05, 3.63) is 30.1 Å². The maximum absolute atomic E-state index is 12.0. The van der Waals surface area contributed by atoms with Crippen LogP contribution >= 0.6 is 0 Å². The number of hydrogen-bond acceptors (Lipinski definition) is 7. The molecule has 0 aromatic carbocycles. The summed E-state index contributed by atoms with van der Waals surface area (Å²) < 4.78 is 1.93. The molecule has 10 nitrogen and oxygen atoms in total. The number of aromatic nitrogens is 5. The van der Waals surface area contributed by atoms with Crippen molar-refractivity contribution in [3.63, 3.8) is 0 Å². The quantitative estimate of drug-likeness (QED) is 0.435. The minimum absolute atomic E-state index is 0.0887. The van der Waals surface area contributed by atoms with E-state index in [0.717, 1.165) is 43.8 Å². The first-order valence-electron chi connectivity index (χ1n) is 11.1. The predicted octanol–water partition coefficient (Wildman–Crippen LogP) is 1.90. The Morgan fingerprint density at radius 3 is 2.84 bits per heavy atom. The van der Waals surface area contributed by atoms with Crippen LogP contribution in [-0.4, -0.2) is 56.1 Å². The Bertz CT molecular complexity index is 1050. The standard InChI is InChI=1S/C21H29N9O/c22-9-1-4-19(31)23-15-7-11-29(12-8-15)20-25-18-3-2-10-30(18)21(26-20)24-17-13-16(27-28-17)14-5-6-14/h2-3,10,13-15H,1,4-9,11-12,22H2,(H,23,31)(H2,24,25,26,27,28). The molecule has 1 saturated carbocycles. The van der Waals surface area contributed by atoms with E-state index in [1.165, 1.54) is 18.5 Å². The van der Waals surface area contributed by atoms with Gasteiger partial charge >= 0.3 is 0 Å². The number of aromatic amines is 1. The zero-order valence-electron chi connectivity index (χ0n) is 17.5. The zero-order chi connectivity index (χ0) is 21.2. The Balaban J connectivity index is 1.27. The lowest BCUT2D eigenvalue weighted by atomic mass is 10.1. The molecule has 1 amide bonds. The summed E-state index contributed by atoms with van der Waals surface area (Å²) in [4.78, 5) is 23.7. The second-order valence-corrected chi connectivity index (χ2v) is 8.41. The molecule has 3 aromatic rings. The van der Waals surface area contributed by atoms with Crippen LogP contribution in [0.4, 0.5) is 17.7 Å². The Labute approximate surface area is 180 Å². The summed E-state index contributed by atoms with van der Waals surface area (Å²) in [5.41, 5.74) is 7.50. The summed E-state index contributed by atoms with van der Waals surface area (Å²) in [7, 11) is 0. The lowest BCUT2D eigenvalue weighted by molar-refractivity contribution is -0.122. The van der Waals surface area contributed by atoms with Gasteiger partial charge in [0.05, 0.1) is 0 Å². The van der Waals surface area contributed by atoms with E-state index < -0.39 is 0 Å². The van der Waals surface area contributed by atoms with Crippen molar-refractivity contribution in [1.29, 1.82) is 0 Å². The smallest absolute Gasteiger partial charge is 0.230 e. The molecular weight excluding hydrogens is 394 g/mol. The molecule has 31 heavy (non-hydrogen) atoms. The lowest BCUT2D eigenvalue weighted by Gasteiger charge is -2.32. The third kappa shape index (κ3) is 4.48. The molecule has 0 bridgehead atoms. The minimum Gasteiger partial charge on any atom is -0.353 e. The van der Waals surface area contributed by atoms with E-state index in [4.69, 9.17) is 15.7 Å². The number of nitrogens with zero attached hydrogens (tertiary/aromatic N) is 5. The van der Waals surface area contributed by atoms with Crippen LogP contribution in [0.2, 0.25) is 0 Å². The van der Waals surface area contributed by atoms with Gasteiger partial charge in [-0.3, -0.25) is 14.3 Å². The Hall–Kier alpha value is -3.14. The van der Waals surface area contributed by atoms with Gasteiger partial charge in [-0.15, -0.1) is 0 Å². The largest absolute Gasteiger partial charge is 0.353 e. The Morgan fingerprint density at radius 2 is 2.06 bits per heavy atom. The highest BCUT2D eigenvalue weighted by atomic mass is 16.1. The van der Waals surface area contributed by atoms with Crippen molar-refractivity contribution in [3.8, 4) is 0 Å². The molecule has 1 aliphatic heterocycles. The van der Waals surface area contributed by atoms with Crippen LogP contribution in [-0.2, 0) is 4.79 Å². The summed E-state index contributed by atoms with van der Waals surface area (Å²) in [6.07, 6.45) is 7.36. The van der Waals surface area contributed by atoms with Crippen molar-refractivity contribution in [2.24, 2.45) is 5.73 Å². The monoisotopic (exact) mass is 423 g/mol. The zero-order valence-corrected chi connectivity index (χ0v) is 17.5. The minimum atomic E-state index is 0.0887. The molecule has 0 atom stereocenters. The fraction of sp³-hybridized carbons (Fsp3) is 0.524. The molecule has 0 unspecified atom stereocenters. The molecule has 164 valence electrons. The number of nitrogens with one attached hydrogen (secondary N) is 3. The number of anilines is 3. The van der Waals surface area contributed by atoms with Crippen LogP contribution < -0.4 is 21.3 Å². The maximum atomic E-state index is 12.0. The Kier molecular flexibility index (Phi) is 5.46. The SMILES string of the molecule is NCCCC(=O)NC1CCN(c2nc(Nc3cc(C4CC4)[nH]n3)n3cccc3n2)CC1. The van der Waals surface area contributed by atoms with Gasteiger partial charge in [-0.25, -0.2) is 0 Å². The van der Waals surface area contributed by atoms with E-state index in [-0.39, 0.29) is 11.9 Å². The number of carbonyl (C=O) groups excluding carboxylic acids is 1. The third-order valence-corrected chi connectivity index (χ3v) is 5.98. The number of fused-ring (bicyclic) bond motifs is 1. The second-order valence-electron chi connectivity index (χ2n) is 8.41. The highest BCUT2D eigenvalue weighted by Gasteiger charge is 2.26. The normalized spacial score (nSPS) is 17.3. The summed E-state index contributed by atoms with van der Waals surface area (Å²) in [6.45, 7) is 2.14. The summed E-state index contributed by atoms with van der Waals surface area (Å²) in [5, 5.41) is 14.0. The van der Waals surface area contributed by atoms with Gasteiger partial charge in [-0.05, 0) is 50.8 Å². The van der Waals surface area contributed by atoms with Crippen LogP contribution in [0.3, 0.4) is 0 Å². The average Bonchev–Trinajstić information content (AvgIpc) is 3.33. The first kappa shape index (κ1) is 19.8. The molecule has 1 saturated heterocycles. The van der Waals surface area contributed by atoms with Crippen LogP contribution in [0.25, 0.3) is 5.65 Å². The highest BCUT2D eigenvalue weighted by molar-refractivity contribution is 5.76. The van der Waals surface area contributed by atoms with Crippen molar-refractivity contribution in [1.82, 2.24) is 29.9 Å². The van der Waals surface area contributed by atoms with Gasteiger partial charge in [0.1, 0.15) is 5.65 Å². The van der Waals surface area contributed by atoms with Crippen LogP contribution in [0.15, 0.2) is 24.4 Å². The van der Waals surface area contributed by atoms with Gasteiger partial charge in [0.25, 0.3) is 0 Å². The van der Waals surface area contributed by atoms with Crippen LogP contribution in [0, 0.1) is 0 Å². The summed E-state index contributed by atoms with van der Waals surface area (Å²) in [5.74, 6) is 2.86. The molecule has 5 rings (SSSR count). The van der Waals surface area contributed by atoms with Gasteiger partial charge in [0, 0.05) is 49.4 Å². The molecule has 2 fully saturated rings. The molecular formula is C21H29N9O. The molecule has 5 N–H and O–H groups in total. The summed E-state index contributed by atoms with van der Waals surface area (Å²) >= 11 is 0. The molecule has 4 heterocycles. The van der Waals surface area contributed by atoms with E-state index in [0.29, 0.717) is 30.8 Å². The summed E-state index contributed by atoms with van der Waals surface area (Å²) in [6, 6.07) is 6.19. The van der Waals surface area contributed by atoms with Gasteiger partial charge in [-0.2, -0.15) is 15.1 Å². The van der Waals surface area contributed by atoms with E-state index >= 15 is 0 Å². The first-order chi connectivity index (χ1) is 15.2. The molecule has 10 heteroatoms. The van der Waals surface area contributed by atoms with Gasteiger partial charge < -0.3 is 21.3 Å². The van der Waals surface area contributed by atoms with E-state index in [2.05, 4.69) is 31.8 Å². The second kappa shape index (κ2) is 8.54. The topological polar surface area (TPSA) is 129 Å². The van der Waals surface area contributed by atoms with Gasteiger partial charge in [0.2, 0.25) is 17.8 Å². The number of piperidine rings is 1. The first-order valence-corrected chi connectivity index (χ1v) is 11.1. The van der Waals surface area contributed by atoms with Crippen molar-refractivity contribution >= 4 is 29.3 Å². The van der Waals surface area contributed by atoms with Gasteiger partial charge in [-0.1, -0.05) is 0 Å². The number of H-pyrrole nitrogens is 1. The third-order valence-electron chi connectivity index (χ3n) is 5.98. The van der Waals surface area contributed by atoms with E-state index in [9.17, 15) is 4.79 Å². The molecule has 2 aliphatic rings. The fourth-order valence-corrected chi connectivity index (χ4v) is 4.05. The number of carbonyl (C=O) groups is 1. The average molecular weight is 424 g/mol. The highest BCUT2D eigenvalue weighted by Crippen LogP contribution is 2.39. The number of hydrogen-bond donors (Lipinski definition) is 4. The molecule has 0 radical (unpaired) electrons. The van der Waals surface area contributed by atoms with Crippen molar-refractivity contribution in [2.45, 2.75) is 50.5 Å².